The molecule has 0 atom stereocenters. The minimum Gasteiger partial charge on any atom is -0.309 e. The van der Waals surface area contributed by atoms with Gasteiger partial charge in [0.25, 0.3) is 0 Å². The second-order valence-corrected chi connectivity index (χ2v) is 8.79. The Labute approximate surface area is 189 Å². The summed E-state index contributed by atoms with van der Waals surface area (Å²) >= 11 is 1.29. The van der Waals surface area contributed by atoms with E-state index in [0.29, 0.717) is 11.3 Å². The van der Waals surface area contributed by atoms with Gasteiger partial charge in [0.2, 0.25) is 11.7 Å². The summed E-state index contributed by atoms with van der Waals surface area (Å²) in [5.41, 5.74) is 1.72. The Morgan fingerprint density at radius 1 is 1.15 bits per heavy atom. The topological polar surface area (TPSA) is 102 Å². The molecule has 0 aromatic carbocycles. The maximum absolute atomic E-state index is 15.5. The Morgan fingerprint density at radius 2 is 1.97 bits per heavy atom. The van der Waals surface area contributed by atoms with E-state index in [1.165, 1.54) is 38.8 Å². The van der Waals surface area contributed by atoms with Crippen molar-refractivity contribution in [1.29, 1.82) is 0 Å². The third kappa shape index (κ3) is 3.42. The van der Waals surface area contributed by atoms with Gasteiger partial charge in [-0.3, -0.25) is 9.20 Å². The molecule has 6 rings (SSSR count). The van der Waals surface area contributed by atoms with Crippen molar-refractivity contribution < 1.29 is 13.6 Å². The number of hydrogen-bond donors (Lipinski definition) is 1. The first kappa shape index (κ1) is 19.9. The largest absolute Gasteiger partial charge is 0.350 e. The molecule has 1 fully saturated rings. The molecule has 1 saturated carbocycles. The number of aromatic nitrogens is 7. The first-order chi connectivity index (χ1) is 15.9. The van der Waals surface area contributed by atoms with E-state index in [2.05, 4.69) is 30.0 Å². The summed E-state index contributed by atoms with van der Waals surface area (Å²) in [4.78, 5) is 17.1. The zero-order chi connectivity index (χ0) is 22.7. The van der Waals surface area contributed by atoms with Crippen molar-refractivity contribution in [2.24, 2.45) is 5.92 Å². The van der Waals surface area contributed by atoms with Crippen molar-refractivity contribution in [3.8, 4) is 10.4 Å². The summed E-state index contributed by atoms with van der Waals surface area (Å²) in [7, 11) is 0. The highest BCUT2D eigenvalue weighted by Gasteiger charge is 2.41. The Balaban J connectivity index is 1.38. The van der Waals surface area contributed by atoms with Crippen LogP contribution in [0, 0.1) is 12.8 Å². The number of carbonyl (C=O) groups is 1. The molecule has 1 aliphatic carbocycles. The highest BCUT2D eigenvalue weighted by atomic mass is 32.1. The normalized spacial score (nSPS) is 14.3. The van der Waals surface area contributed by atoms with E-state index in [9.17, 15) is 4.79 Å². The molecule has 5 heterocycles. The number of anilines is 1. The van der Waals surface area contributed by atoms with E-state index in [1.54, 1.807) is 18.3 Å². The SMILES string of the molecule is Cc1cc(-c2ccc3nnc(C(F)(F)c4ccc5nc(NC(=O)C6CC6)cn5n4)n3c2)sn1. The molecular formula is C21H16F2N8OS. The maximum atomic E-state index is 15.5. The van der Waals surface area contributed by atoms with Gasteiger partial charge in [0.1, 0.15) is 5.69 Å². The number of carbonyl (C=O) groups excluding carboxylic acids is 1. The average Bonchev–Trinajstić information content (AvgIpc) is 3.22. The Kier molecular flexibility index (Phi) is 4.27. The molecular weight excluding hydrogens is 450 g/mol. The summed E-state index contributed by atoms with van der Waals surface area (Å²) in [5, 5.41) is 14.4. The third-order valence-corrected chi connectivity index (χ3v) is 6.37. The number of pyridine rings is 1. The van der Waals surface area contributed by atoms with Gasteiger partial charge in [0.05, 0.1) is 16.8 Å². The maximum Gasteiger partial charge on any atom is 0.350 e. The lowest BCUT2D eigenvalue weighted by atomic mass is 10.2. The first-order valence-corrected chi connectivity index (χ1v) is 11.0. The van der Waals surface area contributed by atoms with Crippen LogP contribution >= 0.6 is 11.5 Å². The van der Waals surface area contributed by atoms with Crippen LogP contribution in [0.25, 0.3) is 21.7 Å². The zero-order valence-electron chi connectivity index (χ0n) is 17.2. The van der Waals surface area contributed by atoms with Gasteiger partial charge >= 0.3 is 5.92 Å². The Morgan fingerprint density at radius 3 is 2.73 bits per heavy atom. The molecule has 0 spiro atoms. The van der Waals surface area contributed by atoms with E-state index in [-0.39, 0.29) is 17.6 Å². The van der Waals surface area contributed by atoms with Crippen LogP contribution in [0.3, 0.4) is 0 Å². The summed E-state index contributed by atoms with van der Waals surface area (Å²) in [5.74, 6) is -3.92. The molecule has 0 bridgehead atoms. The lowest BCUT2D eigenvalue weighted by molar-refractivity contribution is -0.117. The summed E-state index contributed by atoms with van der Waals surface area (Å²) in [6.07, 6.45) is 4.70. The van der Waals surface area contributed by atoms with Crippen molar-refractivity contribution in [3.63, 3.8) is 0 Å². The molecule has 166 valence electrons. The number of aryl methyl sites for hydroxylation is 1. The number of rotatable bonds is 5. The van der Waals surface area contributed by atoms with Gasteiger partial charge in [0, 0.05) is 17.7 Å². The smallest absolute Gasteiger partial charge is 0.309 e. The first-order valence-electron chi connectivity index (χ1n) is 10.2. The molecule has 5 aromatic rings. The molecule has 12 heteroatoms. The Hall–Kier alpha value is -3.80. The number of alkyl halides is 2. The summed E-state index contributed by atoms with van der Waals surface area (Å²) < 4.78 is 37.8. The van der Waals surface area contributed by atoms with E-state index in [4.69, 9.17) is 0 Å². The minimum atomic E-state index is -3.53. The van der Waals surface area contributed by atoms with Crippen LogP contribution in [0.15, 0.2) is 42.7 Å². The number of nitrogens with one attached hydrogen (secondary N) is 1. The lowest BCUT2D eigenvalue weighted by Crippen LogP contribution is -2.22. The second kappa shape index (κ2) is 7.10. The van der Waals surface area contributed by atoms with Gasteiger partial charge in [-0.1, -0.05) is 0 Å². The van der Waals surface area contributed by atoms with Gasteiger partial charge < -0.3 is 5.32 Å². The number of halogens is 2. The van der Waals surface area contributed by atoms with E-state index in [1.807, 2.05) is 13.0 Å². The van der Waals surface area contributed by atoms with E-state index in [0.717, 1.165) is 29.0 Å². The van der Waals surface area contributed by atoms with Crippen LogP contribution in [0.5, 0.6) is 0 Å². The van der Waals surface area contributed by atoms with Crippen molar-refractivity contribution >= 4 is 34.6 Å². The van der Waals surface area contributed by atoms with Crippen LogP contribution < -0.4 is 5.32 Å². The van der Waals surface area contributed by atoms with Crippen molar-refractivity contribution in [2.75, 3.05) is 5.32 Å². The van der Waals surface area contributed by atoms with Crippen LogP contribution in [0.2, 0.25) is 0 Å². The van der Waals surface area contributed by atoms with E-state index < -0.39 is 17.4 Å². The number of fused-ring (bicyclic) bond motifs is 2. The third-order valence-electron chi connectivity index (χ3n) is 5.44. The second-order valence-electron chi connectivity index (χ2n) is 7.99. The van der Waals surface area contributed by atoms with Gasteiger partial charge in [-0.05, 0) is 61.6 Å². The fourth-order valence-electron chi connectivity index (χ4n) is 3.55. The minimum absolute atomic E-state index is 0.00246. The molecule has 5 aromatic heterocycles. The monoisotopic (exact) mass is 466 g/mol. The summed E-state index contributed by atoms with van der Waals surface area (Å²) in [6, 6.07) is 7.95. The number of hydrogen-bond acceptors (Lipinski definition) is 7. The van der Waals surface area contributed by atoms with Gasteiger partial charge in [-0.25, -0.2) is 9.50 Å². The molecule has 0 unspecified atom stereocenters. The van der Waals surface area contributed by atoms with Gasteiger partial charge in [0.15, 0.2) is 17.1 Å². The number of imidazole rings is 1. The Bertz CT molecular complexity index is 1530. The fourth-order valence-corrected chi connectivity index (χ4v) is 4.29. The molecule has 33 heavy (non-hydrogen) atoms. The van der Waals surface area contributed by atoms with E-state index >= 15 is 8.78 Å². The summed E-state index contributed by atoms with van der Waals surface area (Å²) in [6.45, 7) is 1.87. The van der Waals surface area contributed by atoms with Crippen LogP contribution in [-0.4, -0.2) is 39.5 Å². The van der Waals surface area contributed by atoms with Crippen molar-refractivity contribution in [1.82, 2.24) is 33.6 Å². The predicted octanol–water partition coefficient (Wildman–Crippen LogP) is 3.69. The molecule has 1 aliphatic rings. The number of nitrogens with zero attached hydrogens (tertiary/aromatic N) is 7. The molecule has 9 nitrogen and oxygen atoms in total. The standard InChI is InChI=1S/C21H16F2N8OS/c1-11-8-14(33-29-11)13-4-6-18-26-27-20(30(18)9-13)21(22,23)15-5-7-17-24-16(10-31(17)28-15)25-19(32)12-2-3-12/h4-10,12H,2-3H2,1H3,(H,25,32). The molecule has 0 radical (unpaired) electrons. The molecule has 1 amide bonds. The molecule has 0 saturated heterocycles. The zero-order valence-corrected chi connectivity index (χ0v) is 18.1. The average molecular weight is 466 g/mol. The molecule has 1 N–H and O–H groups in total. The predicted molar refractivity (Wildman–Crippen MR) is 116 cm³/mol. The van der Waals surface area contributed by atoms with Crippen molar-refractivity contribution in [3.05, 3.63) is 59.9 Å². The van der Waals surface area contributed by atoms with Crippen LogP contribution in [-0.2, 0) is 10.7 Å². The lowest BCUT2D eigenvalue weighted by Gasteiger charge is -2.14. The fraction of sp³-hybridized carbons (Fsp3) is 0.238. The van der Waals surface area contributed by atoms with Gasteiger partial charge in [-0.2, -0.15) is 18.3 Å². The highest BCUT2D eigenvalue weighted by molar-refractivity contribution is 7.09. The van der Waals surface area contributed by atoms with Gasteiger partial charge in [-0.15, -0.1) is 10.2 Å². The van der Waals surface area contributed by atoms with Crippen LogP contribution in [0.1, 0.15) is 30.1 Å². The molecule has 0 aliphatic heterocycles. The quantitative estimate of drug-likeness (QED) is 0.424. The number of amides is 1. The van der Waals surface area contributed by atoms with Crippen molar-refractivity contribution in [2.45, 2.75) is 25.7 Å². The highest BCUT2D eigenvalue weighted by Crippen LogP contribution is 2.35. The van der Waals surface area contributed by atoms with Crippen LogP contribution in [0.4, 0.5) is 14.6 Å².